The number of piperazine rings is 1. The van der Waals surface area contributed by atoms with Crippen LogP contribution < -0.4 is 9.64 Å². The monoisotopic (exact) mass is 618 g/mol. The van der Waals surface area contributed by atoms with Crippen LogP contribution in [0.15, 0.2) is 6.20 Å². The second-order valence-corrected chi connectivity index (χ2v) is 14.1. The van der Waals surface area contributed by atoms with Crippen molar-refractivity contribution in [2.45, 2.75) is 88.1 Å². The first-order valence-electron chi connectivity index (χ1n) is 15.4. The Hall–Kier alpha value is -2.54. The number of carbonyl (C=O) groups is 1. The van der Waals surface area contributed by atoms with Gasteiger partial charge in [0.15, 0.2) is 11.0 Å². The number of ether oxygens (including phenoxy) is 4. The molecule has 0 N–H and O–H groups in total. The average Bonchev–Trinajstić information content (AvgIpc) is 3.57. The van der Waals surface area contributed by atoms with Crippen molar-refractivity contribution in [1.82, 2.24) is 24.8 Å². The van der Waals surface area contributed by atoms with Gasteiger partial charge in [-0.15, -0.1) is 0 Å². The number of aromatic nitrogens is 3. The van der Waals surface area contributed by atoms with E-state index in [1.165, 1.54) is 6.20 Å². The Kier molecular flexibility index (Phi) is 7.34. The molecule has 11 nitrogen and oxygen atoms in total. The highest BCUT2D eigenvalue weighted by Gasteiger charge is 2.55. The van der Waals surface area contributed by atoms with Crippen LogP contribution in [0.25, 0.3) is 10.9 Å². The van der Waals surface area contributed by atoms with Crippen LogP contribution in [-0.4, -0.2) is 112 Å². The summed E-state index contributed by atoms with van der Waals surface area (Å²) in [5.74, 6) is -0.192. The molecule has 4 saturated heterocycles. The van der Waals surface area contributed by atoms with E-state index in [0.717, 1.165) is 51.6 Å². The summed E-state index contributed by atoms with van der Waals surface area (Å²) in [5, 5.41) is 0.195. The molecule has 0 radical (unpaired) electrons. The van der Waals surface area contributed by atoms with Gasteiger partial charge in [-0.2, -0.15) is 9.97 Å². The minimum Gasteiger partial charge on any atom is -0.461 e. The molecule has 2 unspecified atom stereocenters. The molecule has 7 rings (SSSR count). The molecule has 2 aromatic heterocycles. The molecule has 4 fully saturated rings. The third kappa shape index (κ3) is 5.27. The molecular formula is C30H40ClFN6O5. The molecule has 0 saturated carbocycles. The molecule has 5 aliphatic heterocycles. The van der Waals surface area contributed by atoms with Gasteiger partial charge in [-0.3, -0.25) is 9.80 Å². The number of halogens is 2. The van der Waals surface area contributed by atoms with Crippen molar-refractivity contribution in [2.75, 3.05) is 57.5 Å². The zero-order valence-electron chi connectivity index (χ0n) is 25.1. The zero-order valence-corrected chi connectivity index (χ0v) is 25.9. The quantitative estimate of drug-likeness (QED) is 0.399. The predicted octanol–water partition coefficient (Wildman–Crippen LogP) is 4.20. The Morgan fingerprint density at radius 2 is 2.00 bits per heavy atom. The number of nitrogens with zero attached hydrogens (tertiary/aromatic N) is 6. The maximum atomic E-state index is 15.4. The number of carbonyl (C=O) groups excluding carboxylic acids is 1. The van der Waals surface area contributed by atoms with Crippen LogP contribution in [0, 0.1) is 5.82 Å². The Morgan fingerprint density at radius 1 is 1.14 bits per heavy atom. The van der Waals surface area contributed by atoms with E-state index in [9.17, 15) is 4.79 Å². The van der Waals surface area contributed by atoms with Gasteiger partial charge in [0.25, 0.3) is 0 Å². The fourth-order valence-corrected chi connectivity index (χ4v) is 7.97. The van der Waals surface area contributed by atoms with Crippen LogP contribution in [0.1, 0.15) is 59.3 Å². The van der Waals surface area contributed by atoms with Crippen LogP contribution >= 0.6 is 11.6 Å². The van der Waals surface area contributed by atoms with E-state index in [1.807, 2.05) is 25.7 Å². The van der Waals surface area contributed by atoms with E-state index in [-0.39, 0.29) is 40.5 Å². The van der Waals surface area contributed by atoms with Crippen molar-refractivity contribution in [3.8, 4) is 6.01 Å². The second kappa shape index (κ2) is 10.8. The van der Waals surface area contributed by atoms with Gasteiger partial charge in [0.1, 0.15) is 23.5 Å². The Morgan fingerprint density at radius 3 is 2.84 bits per heavy atom. The van der Waals surface area contributed by atoms with Gasteiger partial charge in [-0.1, -0.05) is 11.6 Å². The lowest BCUT2D eigenvalue weighted by atomic mass is 9.94. The SMILES string of the molecule is CC(C)(C)OC(=O)N1[C@@H]2CC[C@]13COCCCOC1CN4CCCC4(COc4nc(c5cnc(Cl)c(F)c5n4)N(C2)C3)C1. The third-order valence-corrected chi connectivity index (χ3v) is 9.89. The molecule has 7 bridgehead atoms. The number of pyridine rings is 1. The number of fused-ring (bicyclic) bond motifs is 8. The topological polar surface area (TPSA) is 102 Å². The summed E-state index contributed by atoms with van der Waals surface area (Å²) in [6.07, 6.45) is 6.52. The first-order chi connectivity index (χ1) is 20.6. The average molecular weight is 619 g/mol. The Bertz CT molecular complexity index is 1410. The van der Waals surface area contributed by atoms with Gasteiger partial charge in [-0.05, 0) is 65.8 Å². The van der Waals surface area contributed by atoms with Gasteiger partial charge in [0, 0.05) is 39.0 Å². The lowest BCUT2D eigenvalue weighted by Crippen LogP contribution is -2.66. The number of rotatable bonds is 0. The fourth-order valence-electron chi connectivity index (χ4n) is 7.83. The highest BCUT2D eigenvalue weighted by molar-refractivity contribution is 6.30. The van der Waals surface area contributed by atoms with Crippen LogP contribution in [0.2, 0.25) is 5.15 Å². The second-order valence-electron chi connectivity index (χ2n) is 13.8. The Balaban J connectivity index is 1.29. The minimum absolute atomic E-state index is 0.0681. The number of hydrogen-bond donors (Lipinski definition) is 0. The number of anilines is 1. The highest BCUT2D eigenvalue weighted by atomic mass is 35.5. The summed E-state index contributed by atoms with van der Waals surface area (Å²) in [7, 11) is 0. The van der Waals surface area contributed by atoms with Gasteiger partial charge < -0.3 is 23.8 Å². The summed E-state index contributed by atoms with van der Waals surface area (Å²) >= 11 is 6.11. The predicted molar refractivity (Wildman–Crippen MR) is 157 cm³/mol. The van der Waals surface area contributed by atoms with Crippen LogP contribution in [0.3, 0.4) is 0 Å². The van der Waals surface area contributed by atoms with Gasteiger partial charge in [0.2, 0.25) is 0 Å². The fraction of sp³-hybridized carbons (Fsp3) is 0.733. The molecule has 4 atom stereocenters. The van der Waals surface area contributed by atoms with Gasteiger partial charge >= 0.3 is 12.1 Å². The standard InChI is InChI=1S/C30H40ClFN6O5/c1-28(2,3)43-27(39)38-19-6-8-30(38)16-36(14-19)25-21-13-33-24(31)22(32)23(21)34-26(35-25)42-18-29-7-4-9-37(29)15-20(12-29)41-11-5-10-40-17-30/h13,19-20H,4-12,14-18H2,1-3H3/t19-,20?,29?,30+/m1/s1. The van der Waals surface area contributed by atoms with Gasteiger partial charge in [0.05, 0.1) is 35.2 Å². The van der Waals surface area contributed by atoms with Crippen molar-refractivity contribution < 1.29 is 28.1 Å². The molecule has 1 amide bonds. The highest BCUT2D eigenvalue weighted by Crippen LogP contribution is 2.44. The maximum Gasteiger partial charge on any atom is 0.411 e. The van der Waals surface area contributed by atoms with Crippen molar-refractivity contribution >= 4 is 34.4 Å². The Labute approximate surface area is 256 Å². The molecule has 13 heteroatoms. The van der Waals surface area contributed by atoms with E-state index >= 15 is 4.39 Å². The van der Waals surface area contributed by atoms with E-state index in [0.29, 0.717) is 50.7 Å². The first kappa shape index (κ1) is 29.2. The van der Waals surface area contributed by atoms with E-state index in [1.54, 1.807) is 0 Å². The third-order valence-electron chi connectivity index (χ3n) is 9.63. The van der Waals surface area contributed by atoms with Crippen molar-refractivity contribution in [3.05, 3.63) is 17.2 Å². The molecular weight excluding hydrogens is 579 g/mol. The molecule has 234 valence electrons. The van der Waals surface area contributed by atoms with E-state index in [2.05, 4.69) is 19.8 Å². The molecule has 7 heterocycles. The molecule has 5 aliphatic rings. The molecule has 0 aliphatic carbocycles. The summed E-state index contributed by atoms with van der Waals surface area (Å²) in [4.78, 5) is 33.5. The number of amides is 1. The molecule has 2 aromatic rings. The summed E-state index contributed by atoms with van der Waals surface area (Å²) in [6, 6.07) is -0.0374. The summed E-state index contributed by atoms with van der Waals surface area (Å²) in [6.45, 7) is 10.2. The largest absolute Gasteiger partial charge is 0.461 e. The molecule has 0 aromatic carbocycles. The van der Waals surface area contributed by atoms with Crippen LogP contribution in [-0.2, 0) is 14.2 Å². The zero-order chi connectivity index (χ0) is 30.0. The normalized spacial score (nSPS) is 31.6. The van der Waals surface area contributed by atoms with E-state index in [4.69, 9.17) is 35.5 Å². The summed E-state index contributed by atoms with van der Waals surface area (Å²) in [5.41, 5.74) is -1.38. The minimum atomic E-state index is -0.707. The number of hydrogen-bond acceptors (Lipinski definition) is 10. The van der Waals surface area contributed by atoms with Gasteiger partial charge in [-0.25, -0.2) is 14.2 Å². The van der Waals surface area contributed by atoms with Crippen molar-refractivity contribution in [1.29, 1.82) is 0 Å². The maximum absolute atomic E-state index is 15.4. The molecule has 2 spiro atoms. The molecule has 43 heavy (non-hydrogen) atoms. The lowest BCUT2D eigenvalue weighted by molar-refractivity contribution is -0.0373. The van der Waals surface area contributed by atoms with Crippen LogP contribution in [0.5, 0.6) is 6.01 Å². The van der Waals surface area contributed by atoms with Crippen molar-refractivity contribution in [2.24, 2.45) is 0 Å². The smallest absolute Gasteiger partial charge is 0.411 e. The van der Waals surface area contributed by atoms with Crippen LogP contribution in [0.4, 0.5) is 15.0 Å². The van der Waals surface area contributed by atoms with E-state index < -0.39 is 17.0 Å². The summed E-state index contributed by atoms with van der Waals surface area (Å²) < 4.78 is 40.3. The lowest BCUT2D eigenvalue weighted by Gasteiger charge is -2.49. The van der Waals surface area contributed by atoms with Crippen molar-refractivity contribution in [3.63, 3.8) is 0 Å². The first-order valence-corrected chi connectivity index (χ1v) is 15.8.